The predicted molar refractivity (Wildman–Crippen MR) is 61.7 cm³/mol. The Hall–Kier alpha value is -0.240. The molecule has 0 aromatic heterocycles. The van der Waals surface area contributed by atoms with Gasteiger partial charge in [0.2, 0.25) is 5.91 Å². The van der Waals surface area contributed by atoms with Crippen LogP contribution in [0.15, 0.2) is 0 Å². The molecule has 2 atom stereocenters. The minimum absolute atomic E-state index is 0.0643. The number of unbranched alkanes of at least 4 members (excludes halogenated alkanes) is 1. The first-order chi connectivity index (χ1) is 6.54. The molecule has 2 unspecified atom stereocenters. The van der Waals surface area contributed by atoms with Crippen LogP contribution in [0.4, 0.5) is 0 Å². The SMILES string of the molecule is CCCCN(C(=O)C(C)Cl)C(C)CC. The number of carbonyl (C=O) groups is 1. The zero-order chi connectivity index (χ0) is 11.1. The lowest BCUT2D eigenvalue weighted by atomic mass is 10.2. The summed E-state index contributed by atoms with van der Waals surface area (Å²) in [6.45, 7) is 8.87. The highest BCUT2D eigenvalue weighted by atomic mass is 35.5. The van der Waals surface area contributed by atoms with E-state index in [0.717, 1.165) is 25.8 Å². The van der Waals surface area contributed by atoms with Crippen LogP contribution >= 0.6 is 11.6 Å². The number of carbonyl (C=O) groups excluding carboxylic acids is 1. The number of halogens is 1. The molecule has 84 valence electrons. The summed E-state index contributed by atoms with van der Waals surface area (Å²) in [6.07, 6.45) is 3.15. The van der Waals surface area contributed by atoms with Crippen LogP contribution in [0, 0.1) is 0 Å². The van der Waals surface area contributed by atoms with Crippen molar-refractivity contribution in [2.24, 2.45) is 0 Å². The Kier molecular flexibility index (Phi) is 6.98. The van der Waals surface area contributed by atoms with Crippen molar-refractivity contribution >= 4 is 17.5 Å². The molecule has 0 aliphatic rings. The van der Waals surface area contributed by atoms with Crippen LogP contribution in [-0.2, 0) is 4.79 Å². The molecule has 0 aliphatic heterocycles. The summed E-state index contributed by atoms with van der Waals surface area (Å²) >= 11 is 5.81. The summed E-state index contributed by atoms with van der Waals surface area (Å²) in [6, 6.07) is 0.301. The first-order valence-electron chi connectivity index (χ1n) is 5.49. The van der Waals surface area contributed by atoms with Gasteiger partial charge in [0.1, 0.15) is 5.38 Å². The van der Waals surface area contributed by atoms with Crippen molar-refractivity contribution in [3.63, 3.8) is 0 Å². The van der Waals surface area contributed by atoms with Gasteiger partial charge in [-0.15, -0.1) is 11.6 Å². The van der Waals surface area contributed by atoms with Gasteiger partial charge >= 0.3 is 0 Å². The molecule has 0 rings (SSSR count). The molecule has 0 N–H and O–H groups in total. The first-order valence-corrected chi connectivity index (χ1v) is 5.92. The fraction of sp³-hybridized carbons (Fsp3) is 0.909. The summed E-state index contributed by atoms with van der Waals surface area (Å²) in [4.78, 5) is 13.6. The molecular weight excluding hydrogens is 198 g/mol. The van der Waals surface area contributed by atoms with E-state index < -0.39 is 5.38 Å². The Morgan fingerprint density at radius 2 is 1.93 bits per heavy atom. The third kappa shape index (κ3) is 4.32. The van der Waals surface area contributed by atoms with E-state index >= 15 is 0 Å². The minimum Gasteiger partial charge on any atom is -0.339 e. The van der Waals surface area contributed by atoms with Gasteiger partial charge in [0, 0.05) is 12.6 Å². The Morgan fingerprint density at radius 1 is 1.36 bits per heavy atom. The van der Waals surface area contributed by atoms with Gasteiger partial charge in [-0.1, -0.05) is 20.3 Å². The number of hydrogen-bond acceptors (Lipinski definition) is 1. The van der Waals surface area contributed by atoms with E-state index in [2.05, 4.69) is 20.8 Å². The molecule has 0 aromatic carbocycles. The maximum atomic E-state index is 11.7. The normalized spacial score (nSPS) is 14.9. The van der Waals surface area contributed by atoms with Crippen LogP contribution in [0.5, 0.6) is 0 Å². The lowest BCUT2D eigenvalue weighted by Crippen LogP contribution is -2.42. The zero-order valence-electron chi connectivity index (χ0n) is 9.72. The maximum Gasteiger partial charge on any atom is 0.240 e. The van der Waals surface area contributed by atoms with Gasteiger partial charge < -0.3 is 4.90 Å². The average molecular weight is 220 g/mol. The van der Waals surface area contributed by atoms with Crippen molar-refractivity contribution in [1.29, 1.82) is 0 Å². The fourth-order valence-corrected chi connectivity index (χ4v) is 1.45. The Balaban J connectivity index is 4.30. The number of alkyl halides is 1. The largest absolute Gasteiger partial charge is 0.339 e. The number of nitrogens with zero attached hydrogens (tertiary/aromatic N) is 1. The number of rotatable bonds is 6. The van der Waals surface area contributed by atoms with E-state index in [4.69, 9.17) is 11.6 Å². The number of hydrogen-bond donors (Lipinski definition) is 0. The third-order valence-corrected chi connectivity index (χ3v) is 2.69. The van der Waals surface area contributed by atoms with Gasteiger partial charge in [-0.3, -0.25) is 4.79 Å². The molecule has 3 heteroatoms. The Morgan fingerprint density at radius 3 is 2.29 bits per heavy atom. The molecule has 2 nitrogen and oxygen atoms in total. The second-order valence-corrected chi connectivity index (χ2v) is 4.41. The van der Waals surface area contributed by atoms with E-state index in [9.17, 15) is 4.79 Å². The zero-order valence-corrected chi connectivity index (χ0v) is 10.5. The molecule has 0 bridgehead atoms. The molecule has 1 amide bonds. The quantitative estimate of drug-likeness (QED) is 0.629. The van der Waals surface area contributed by atoms with Gasteiger partial charge in [-0.05, 0) is 26.7 Å². The second-order valence-electron chi connectivity index (χ2n) is 3.76. The fourth-order valence-electron chi connectivity index (χ4n) is 1.33. The highest BCUT2D eigenvalue weighted by molar-refractivity contribution is 6.30. The van der Waals surface area contributed by atoms with Gasteiger partial charge in [0.25, 0.3) is 0 Å². The van der Waals surface area contributed by atoms with Gasteiger partial charge in [0.15, 0.2) is 0 Å². The van der Waals surface area contributed by atoms with Crippen molar-refractivity contribution in [2.45, 2.75) is 58.4 Å². The molecule has 0 saturated carbocycles. The summed E-state index contributed by atoms with van der Waals surface area (Å²) < 4.78 is 0. The van der Waals surface area contributed by atoms with Crippen LogP contribution in [-0.4, -0.2) is 28.8 Å². The number of amides is 1. The highest BCUT2D eigenvalue weighted by Gasteiger charge is 2.21. The maximum absolute atomic E-state index is 11.7. The molecular formula is C11H22ClNO. The summed E-state index contributed by atoms with van der Waals surface area (Å²) in [7, 11) is 0. The monoisotopic (exact) mass is 219 g/mol. The Labute approximate surface area is 92.6 Å². The van der Waals surface area contributed by atoms with Crippen LogP contribution < -0.4 is 0 Å². The lowest BCUT2D eigenvalue weighted by molar-refractivity contribution is -0.132. The molecule has 0 aromatic rings. The minimum atomic E-state index is -0.402. The predicted octanol–water partition coefficient (Wildman–Crippen LogP) is 3.04. The van der Waals surface area contributed by atoms with E-state index in [1.165, 1.54) is 0 Å². The summed E-state index contributed by atoms with van der Waals surface area (Å²) in [5.41, 5.74) is 0. The van der Waals surface area contributed by atoms with Crippen LogP contribution in [0.25, 0.3) is 0 Å². The van der Waals surface area contributed by atoms with E-state index in [0.29, 0.717) is 6.04 Å². The van der Waals surface area contributed by atoms with Gasteiger partial charge in [0.05, 0.1) is 0 Å². The lowest BCUT2D eigenvalue weighted by Gasteiger charge is -2.29. The molecule has 0 heterocycles. The van der Waals surface area contributed by atoms with Crippen molar-refractivity contribution in [3.8, 4) is 0 Å². The molecule has 0 radical (unpaired) electrons. The van der Waals surface area contributed by atoms with E-state index in [1.54, 1.807) is 6.92 Å². The summed E-state index contributed by atoms with van der Waals surface area (Å²) in [5.74, 6) is 0.0643. The van der Waals surface area contributed by atoms with Crippen LogP contribution in [0.2, 0.25) is 0 Å². The molecule has 14 heavy (non-hydrogen) atoms. The molecule has 0 saturated heterocycles. The average Bonchev–Trinajstić information content (AvgIpc) is 2.17. The van der Waals surface area contributed by atoms with Crippen molar-refractivity contribution in [1.82, 2.24) is 4.90 Å². The summed E-state index contributed by atoms with van der Waals surface area (Å²) in [5, 5.41) is -0.402. The second kappa shape index (κ2) is 7.10. The smallest absolute Gasteiger partial charge is 0.240 e. The highest BCUT2D eigenvalue weighted by Crippen LogP contribution is 2.10. The van der Waals surface area contributed by atoms with Crippen molar-refractivity contribution in [2.75, 3.05) is 6.54 Å². The first kappa shape index (κ1) is 13.8. The molecule has 0 fully saturated rings. The van der Waals surface area contributed by atoms with E-state index in [-0.39, 0.29) is 5.91 Å². The van der Waals surface area contributed by atoms with Crippen molar-refractivity contribution in [3.05, 3.63) is 0 Å². The van der Waals surface area contributed by atoms with E-state index in [1.807, 2.05) is 4.90 Å². The van der Waals surface area contributed by atoms with Crippen molar-refractivity contribution < 1.29 is 4.79 Å². The van der Waals surface area contributed by atoms with Crippen LogP contribution in [0.3, 0.4) is 0 Å². The van der Waals surface area contributed by atoms with Gasteiger partial charge in [-0.2, -0.15) is 0 Å². The van der Waals surface area contributed by atoms with Crippen LogP contribution in [0.1, 0.15) is 47.0 Å². The van der Waals surface area contributed by atoms with Gasteiger partial charge in [-0.25, -0.2) is 0 Å². The topological polar surface area (TPSA) is 20.3 Å². The third-order valence-electron chi connectivity index (χ3n) is 2.50. The Bertz CT molecular complexity index is 171. The molecule has 0 aliphatic carbocycles. The standard InChI is InChI=1S/C11H22ClNO/c1-5-7-8-13(9(3)6-2)11(14)10(4)12/h9-10H,5-8H2,1-4H3. The molecule has 0 spiro atoms.